The molecule has 0 bridgehead atoms. The first-order valence-corrected chi connectivity index (χ1v) is 5.45. The minimum absolute atomic E-state index is 0.153. The van der Waals surface area contributed by atoms with Crippen LogP contribution in [0.3, 0.4) is 0 Å². The summed E-state index contributed by atoms with van der Waals surface area (Å²) in [5.74, 6) is -0.177. The highest BCUT2D eigenvalue weighted by molar-refractivity contribution is 5.82. The molecule has 0 aliphatic heterocycles. The van der Waals surface area contributed by atoms with Crippen LogP contribution in [-0.2, 0) is 4.79 Å². The summed E-state index contributed by atoms with van der Waals surface area (Å²) in [6.07, 6.45) is 1.46. The fourth-order valence-corrected chi connectivity index (χ4v) is 1.37. The topological polar surface area (TPSA) is 75.4 Å². The van der Waals surface area contributed by atoms with Crippen molar-refractivity contribution in [2.75, 3.05) is 13.2 Å². The molecule has 0 radical (unpaired) electrons. The third-order valence-electron chi connectivity index (χ3n) is 2.33. The average molecular weight is 222 g/mol. The van der Waals surface area contributed by atoms with Crippen LogP contribution in [0.25, 0.3) is 0 Å². The Morgan fingerprint density at radius 1 is 1.31 bits per heavy atom. The summed E-state index contributed by atoms with van der Waals surface area (Å²) in [6.45, 7) is 0.709. The predicted octanol–water partition coefficient (Wildman–Crippen LogP) is 0.575. The van der Waals surface area contributed by atoms with Gasteiger partial charge in [-0.3, -0.25) is 4.79 Å². The Morgan fingerprint density at radius 3 is 2.62 bits per heavy atom. The van der Waals surface area contributed by atoms with Crippen molar-refractivity contribution < 1.29 is 9.90 Å². The summed E-state index contributed by atoms with van der Waals surface area (Å²) in [5, 5.41) is 11.3. The van der Waals surface area contributed by atoms with Gasteiger partial charge < -0.3 is 16.2 Å². The fourth-order valence-electron chi connectivity index (χ4n) is 1.37. The van der Waals surface area contributed by atoms with Crippen LogP contribution in [0.5, 0.6) is 0 Å². The zero-order valence-corrected chi connectivity index (χ0v) is 9.23. The number of benzene rings is 1. The number of nitrogens with one attached hydrogen (secondary N) is 1. The van der Waals surface area contributed by atoms with E-state index in [-0.39, 0.29) is 12.5 Å². The molecule has 0 aliphatic rings. The van der Waals surface area contributed by atoms with Crippen molar-refractivity contribution in [2.45, 2.75) is 18.9 Å². The molecule has 4 nitrogen and oxygen atoms in total. The highest BCUT2D eigenvalue weighted by atomic mass is 16.2. The number of hydrogen-bond acceptors (Lipinski definition) is 3. The van der Waals surface area contributed by atoms with Gasteiger partial charge in [0.15, 0.2) is 0 Å². The number of rotatable bonds is 6. The molecular formula is C12H18N2O2. The van der Waals surface area contributed by atoms with Gasteiger partial charge in [0, 0.05) is 13.2 Å². The van der Waals surface area contributed by atoms with Gasteiger partial charge in [0.2, 0.25) is 5.91 Å². The molecule has 1 aromatic rings. The van der Waals surface area contributed by atoms with E-state index in [4.69, 9.17) is 10.8 Å². The van der Waals surface area contributed by atoms with Gasteiger partial charge in [-0.05, 0) is 18.4 Å². The third kappa shape index (κ3) is 4.00. The Bertz CT molecular complexity index is 314. The molecule has 1 aromatic carbocycles. The molecule has 88 valence electrons. The van der Waals surface area contributed by atoms with Crippen molar-refractivity contribution in [2.24, 2.45) is 5.73 Å². The molecule has 1 rings (SSSR count). The quantitative estimate of drug-likeness (QED) is 0.616. The van der Waals surface area contributed by atoms with Crippen molar-refractivity contribution in [1.29, 1.82) is 0 Å². The van der Waals surface area contributed by atoms with E-state index in [0.29, 0.717) is 13.0 Å². The fraction of sp³-hybridized carbons (Fsp3) is 0.417. The van der Waals surface area contributed by atoms with E-state index in [1.807, 2.05) is 30.3 Å². The lowest BCUT2D eigenvalue weighted by molar-refractivity contribution is -0.122. The second-order valence-electron chi connectivity index (χ2n) is 3.61. The third-order valence-corrected chi connectivity index (χ3v) is 2.33. The summed E-state index contributed by atoms with van der Waals surface area (Å²) >= 11 is 0. The number of carbonyl (C=O) groups excluding carboxylic acids is 1. The lowest BCUT2D eigenvalue weighted by Gasteiger charge is -2.12. The van der Waals surface area contributed by atoms with Gasteiger partial charge in [0.05, 0.1) is 0 Å². The van der Waals surface area contributed by atoms with Gasteiger partial charge in [0.25, 0.3) is 0 Å². The SMILES string of the molecule is N[C@@H](C(=O)NCCCCO)c1ccccc1. The van der Waals surface area contributed by atoms with Crippen LogP contribution in [0.2, 0.25) is 0 Å². The van der Waals surface area contributed by atoms with Crippen molar-refractivity contribution in [3.8, 4) is 0 Å². The molecule has 0 saturated carbocycles. The van der Waals surface area contributed by atoms with E-state index >= 15 is 0 Å². The summed E-state index contributed by atoms with van der Waals surface area (Å²) in [7, 11) is 0. The van der Waals surface area contributed by atoms with E-state index in [2.05, 4.69) is 5.32 Å². The number of nitrogens with two attached hydrogens (primary N) is 1. The summed E-state index contributed by atoms with van der Waals surface area (Å²) in [4.78, 5) is 11.6. The van der Waals surface area contributed by atoms with E-state index in [1.54, 1.807) is 0 Å². The molecular weight excluding hydrogens is 204 g/mol. The normalized spacial score (nSPS) is 12.1. The number of hydrogen-bond donors (Lipinski definition) is 3. The minimum Gasteiger partial charge on any atom is -0.396 e. The molecule has 1 atom stereocenters. The van der Waals surface area contributed by atoms with Crippen molar-refractivity contribution >= 4 is 5.91 Å². The Morgan fingerprint density at radius 2 is 2.00 bits per heavy atom. The van der Waals surface area contributed by atoms with Crippen molar-refractivity contribution in [3.05, 3.63) is 35.9 Å². The summed E-state index contributed by atoms with van der Waals surface area (Å²) in [5.41, 5.74) is 6.60. The van der Waals surface area contributed by atoms with Gasteiger partial charge in [-0.1, -0.05) is 30.3 Å². The Balaban J connectivity index is 2.37. The second kappa shape index (κ2) is 6.98. The Kier molecular flexibility index (Phi) is 5.53. The van der Waals surface area contributed by atoms with Crippen LogP contribution in [0.15, 0.2) is 30.3 Å². The molecule has 0 aromatic heterocycles. The van der Waals surface area contributed by atoms with Crippen LogP contribution in [0.1, 0.15) is 24.4 Å². The Hall–Kier alpha value is -1.39. The van der Waals surface area contributed by atoms with E-state index in [9.17, 15) is 4.79 Å². The lowest BCUT2D eigenvalue weighted by atomic mass is 10.1. The van der Waals surface area contributed by atoms with Gasteiger partial charge in [-0.25, -0.2) is 0 Å². The molecule has 16 heavy (non-hydrogen) atoms. The molecule has 0 spiro atoms. The van der Waals surface area contributed by atoms with Crippen LogP contribution >= 0.6 is 0 Å². The van der Waals surface area contributed by atoms with Gasteiger partial charge in [0.1, 0.15) is 6.04 Å². The lowest BCUT2D eigenvalue weighted by Crippen LogP contribution is -2.34. The predicted molar refractivity (Wildman–Crippen MR) is 62.7 cm³/mol. The summed E-state index contributed by atoms with van der Waals surface area (Å²) < 4.78 is 0. The first-order valence-electron chi connectivity index (χ1n) is 5.45. The smallest absolute Gasteiger partial charge is 0.241 e. The Labute approximate surface area is 95.5 Å². The maximum Gasteiger partial charge on any atom is 0.241 e. The first-order chi connectivity index (χ1) is 7.75. The molecule has 0 aliphatic carbocycles. The highest BCUT2D eigenvalue weighted by Gasteiger charge is 2.13. The van der Waals surface area contributed by atoms with E-state index < -0.39 is 6.04 Å². The second-order valence-corrected chi connectivity index (χ2v) is 3.61. The maximum absolute atomic E-state index is 11.6. The van der Waals surface area contributed by atoms with Gasteiger partial charge >= 0.3 is 0 Å². The molecule has 1 amide bonds. The van der Waals surface area contributed by atoms with Crippen molar-refractivity contribution in [3.63, 3.8) is 0 Å². The van der Waals surface area contributed by atoms with Crippen LogP contribution < -0.4 is 11.1 Å². The van der Waals surface area contributed by atoms with Gasteiger partial charge in [-0.2, -0.15) is 0 Å². The summed E-state index contributed by atoms with van der Waals surface area (Å²) in [6, 6.07) is 8.64. The highest BCUT2D eigenvalue weighted by Crippen LogP contribution is 2.08. The zero-order valence-electron chi connectivity index (χ0n) is 9.23. The average Bonchev–Trinajstić information content (AvgIpc) is 2.34. The largest absolute Gasteiger partial charge is 0.396 e. The molecule has 4 N–H and O–H groups in total. The van der Waals surface area contributed by atoms with Crippen molar-refractivity contribution in [1.82, 2.24) is 5.32 Å². The van der Waals surface area contributed by atoms with E-state index in [0.717, 1.165) is 12.0 Å². The number of aliphatic hydroxyl groups excluding tert-OH is 1. The zero-order chi connectivity index (χ0) is 11.8. The monoisotopic (exact) mass is 222 g/mol. The van der Waals surface area contributed by atoms with Gasteiger partial charge in [-0.15, -0.1) is 0 Å². The van der Waals surface area contributed by atoms with Crippen LogP contribution in [0.4, 0.5) is 0 Å². The molecule has 0 unspecified atom stereocenters. The molecule has 0 heterocycles. The number of amides is 1. The maximum atomic E-state index is 11.6. The number of carbonyl (C=O) groups is 1. The molecule has 4 heteroatoms. The molecule has 0 fully saturated rings. The standard InChI is InChI=1S/C12H18N2O2/c13-11(10-6-2-1-3-7-10)12(16)14-8-4-5-9-15/h1-3,6-7,11,15H,4-5,8-9,13H2,(H,14,16)/t11-/m1/s1. The van der Waals surface area contributed by atoms with Crippen LogP contribution in [-0.4, -0.2) is 24.2 Å². The molecule has 0 saturated heterocycles. The minimum atomic E-state index is -0.615. The van der Waals surface area contributed by atoms with E-state index in [1.165, 1.54) is 0 Å². The van der Waals surface area contributed by atoms with Crippen LogP contribution in [0, 0.1) is 0 Å². The number of unbranched alkanes of at least 4 members (excludes halogenated alkanes) is 1. The first kappa shape index (κ1) is 12.7. The number of aliphatic hydroxyl groups is 1.